The van der Waals surface area contributed by atoms with Crippen LogP contribution in [0.25, 0.3) is 0 Å². The number of unbranched alkanes of at least 4 members (excludes halogenated alkanes) is 1. The van der Waals surface area contributed by atoms with Gasteiger partial charge >= 0.3 is 11.9 Å². The Labute approximate surface area is 192 Å². The molecule has 4 unspecified atom stereocenters. The van der Waals surface area contributed by atoms with Crippen LogP contribution in [0, 0.1) is 5.92 Å². The molecule has 0 aliphatic rings. The molecule has 0 aromatic heterocycles. The zero-order chi connectivity index (χ0) is 25.6. The van der Waals surface area contributed by atoms with E-state index in [1.807, 2.05) is 0 Å². The summed E-state index contributed by atoms with van der Waals surface area (Å²) in [6.45, 7) is 3.17. The second-order valence-electron chi connectivity index (χ2n) is 8.16. The Hall–Kier alpha value is -2.77. The molecule has 3 amide bonds. The van der Waals surface area contributed by atoms with Gasteiger partial charge in [0.25, 0.3) is 0 Å². The number of carbonyl (C=O) groups is 5. The summed E-state index contributed by atoms with van der Waals surface area (Å²) in [4.78, 5) is 59.5. The highest BCUT2D eigenvalue weighted by molar-refractivity contribution is 5.94. The minimum atomic E-state index is -1.44. The standard InChI is InChI=1S/C20H37N5O8/c1-11(2)9-14(20(32)33)24-18(30)13(5-3-4-8-21)23-19(31)15(10-26)25-17(29)12(22)6-7-16(27)28/h11-15,26H,3-10,21-22H2,1-2H3,(H,23,31)(H,24,30)(H,25,29)(H,27,28)(H,32,33). The first kappa shape index (κ1) is 30.2. The topological polar surface area (TPSA) is 234 Å². The van der Waals surface area contributed by atoms with Crippen LogP contribution in [0.5, 0.6) is 0 Å². The highest BCUT2D eigenvalue weighted by atomic mass is 16.4. The highest BCUT2D eigenvalue weighted by Gasteiger charge is 2.30. The molecule has 190 valence electrons. The Morgan fingerprint density at radius 1 is 0.818 bits per heavy atom. The van der Waals surface area contributed by atoms with Crippen LogP contribution in [0.2, 0.25) is 0 Å². The average molecular weight is 476 g/mol. The van der Waals surface area contributed by atoms with E-state index in [0.717, 1.165) is 0 Å². The molecule has 0 aliphatic heterocycles. The van der Waals surface area contributed by atoms with E-state index in [2.05, 4.69) is 16.0 Å². The molecule has 0 rings (SSSR count). The van der Waals surface area contributed by atoms with Gasteiger partial charge in [-0.2, -0.15) is 0 Å². The van der Waals surface area contributed by atoms with Crippen molar-refractivity contribution in [3.8, 4) is 0 Å². The molecular weight excluding hydrogens is 438 g/mol. The van der Waals surface area contributed by atoms with Gasteiger partial charge in [0.15, 0.2) is 0 Å². The summed E-state index contributed by atoms with van der Waals surface area (Å²) in [5.74, 6) is -4.78. The summed E-state index contributed by atoms with van der Waals surface area (Å²) in [7, 11) is 0. The molecule has 0 aromatic carbocycles. The lowest BCUT2D eigenvalue weighted by Gasteiger charge is -2.25. The van der Waals surface area contributed by atoms with Crippen molar-refractivity contribution in [2.24, 2.45) is 17.4 Å². The van der Waals surface area contributed by atoms with E-state index in [9.17, 15) is 34.2 Å². The zero-order valence-corrected chi connectivity index (χ0v) is 19.1. The maximum absolute atomic E-state index is 12.7. The van der Waals surface area contributed by atoms with E-state index in [0.29, 0.717) is 19.4 Å². The summed E-state index contributed by atoms with van der Waals surface area (Å²) < 4.78 is 0. The molecule has 0 spiro atoms. The Balaban J connectivity index is 5.24. The molecule has 0 radical (unpaired) electrons. The first-order chi connectivity index (χ1) is 15.4. The van der Waals surface area contributed by atoms with Crippen molar-refractivity contribution in [2.45, 2.75) is 76.5 Å². The predicted octanol–water partition coefficient (Wildman–Crippen LogP) is -2.12. The number of amides is 3. The molecule has 4 atom stereocenters. The maximum Gasteiger partial charge on any atom is 0.326 e. The zero-order valence-electron chi connectivity index (χ0n) is 19.1. The quantitative estimate of drug-likeness (QED) is 0.106. The van der Waals surface area contributed by atoms with Crippen LogP contribution in [0.1, 0.15) is 52.4 Å². The number of carboxylic acid groups (broad SMARTS) is 2. The van der Waals surface area contributed by atoms with Crippen LogP contribution < -0.4 is 27.4 Å². The van der Waals surface area contributed by atoms with Gasteiger partial charge in [-0.1, -0.05) is 13.8 Å². The number of hydrogen-bond donors (Lipinski definition) is 8. The van der Waals surface area contributed by atoms with Crippen molar-refractivity contribution < 1.29 is 39.3 Å². The molecule has 13 nitrogen and oxygen atoms in total. The molecule has 0 aliphatic carbocycles. The number of nitrogens with one attached hydrogen (secondary N) is 3. The minimum Gasteiger partial charge on any atom is -0.481 e. The number of rotatable bonds is 17. The highest BCUT2D eigenvalue weighted by Crippen LogP contribution is 2.08. The monoisotopic (exact) mass is 475 g/mol. The lowest BCUT2D eigenvalue weighted by atomic mass is 10.0. The van der Waals surface area contributed by atoms with Gasteiger partial charge < -0.3 is 42.7 Å². The lowest BCUT2D eigenvalue weighted by Crippen LogP contribution is -2.58. The molecule has 0 bridgehead atoms. The van der Waals surface area contributed by atoms with E-state index >= 15 is 0 Å². The van der Waals surface area contributed by atoms with Crippen molar-refractivity contribution in [1.29, 1.82) is 0 Å². The Morgan fingerprint density at radius 2 is 1.36 bits per heavy atom. The molecule has 0 saturated carbocycles. The predicted molar refractivity (Wildman–Crippen MR) is 118 cm³/mol. The summed E-state index contributed by atoms with van der Waals surface area (Å²) in [6.07, 6.45) is 0.854. The fraction of sp³-hybridized carbons (Fsp3) is 0.750. The van der Waals surface area contributed by atoms with Crippen molar-refractivity contribution in [2.75, 3.05) is 13.2 Å². The van der Waals surface area contributed by atoms with Crippen LogP contribution in [0.3, 0.4) is 0 Å². The second-order valence-corrected chi connectivity index (χ2v) is 8.16. The molecule has 33 heavy (non-hydrogen) atoms. The summed E-state index contributed by atoms with van der Waals surface area (Å²) in [6, 6.07) is -4.92. The fourth-order valence-corrected chi connectivity index (χ4v) is 2.88. The van der Waals surface area contributed by atoms with Crippen molar-refractivity contribution in [1.82, 2.24) is 16.0 Å². The minimum absolute atomic E-state index is 0.00371. The van der Waals surface area contributed by atoms with Crippen LogP contribution >= 0.6 is 0 Å². The van der Waals surface area contributed by atoms with E-state index in [4.69, 9.17) is 16.6 Å². The summed E-state index contributed by atoms with van der Waals surface area (Å²) in [5, 5.41) is 34.6. The Morgan fingerprint density at radius 3 is 1.85 bits per heavy atom. The van der Waals surface area contributed by atoms with Gasteiger partial charge in [0.05, 0.1) is 12.6 Å². The van der Waals surface area contributed by atoms with Gasteiger partial charge in [-0.15, -0.1) is 0 Å². The molecular formula is C20H37N5O8. The fourth-order valence-electron chi connectivity index (χ4n) is 2.88. The van der Waals surface area contributed by atoms with E-state index < -0.39 is 60.4 Å². The largest absolute Gasteiger partial charge is 0.481 e. The molecule has 13 heteroatoms. The van der Waals surface area contributed by atoms with Crippen molar-refractivity contribution in [3.63, 3.8) is 0 Å². The molecule has 0 heterocycles. The summed E-state index contributed by atoms with van der Waals surface area (Å²) >= 11 is 0. The van der Waals surface area contributed by atoms with Gasteiger partial charge in [-0.05, 0) is 44.6 Å². The number of aliphatic carboxylic acids is 2. The third-order valence-corrected chi connectivity index (χ3v) is 4.72. The Kier molecular flexibility index (Phi) is 14.6. The van der Waals surface area contributed by atoms with Crippen LogP contribution in [0.4, 0.5) is 0 Å². The number of aliphatic hydroxyl groups is 1. The average Bonchev–Trinajstić information content (AvgIpc) is 2.73. The van der Waals surface area contributed by atoms with Gasteiger partial charge in [0, 0.05) is 6.42 Å². The molecule has 0 saturated heterocycles. The number of aliphatic hydroxyl groups excluding tert-OH is 1. The van der Waals surface area contributed by atoms with Crippen LogP contribution in [0.15, 0.2) is 0 Å². The first-order valence-corrected chi connectivity index (χ1v) is 10.8. The van der Waals surface area contributed by atoms with Crippen LogP contribution in [-0.2, 0) is 24.0 Å². The number of carboxylic acids is 2. The van der Waals surface area contributed by atoms with E-state index in [1.165, 1.54) is 0 Å². The number of carbonyl (C=O) groups excluding carboxylic acids is 3. The van der Waals surface area contributed by atoms with Gasteiger partial charge in [-0.25, -0.2) is 4.79 Å². The first-order valence-electron chi connectivity index (χ1n) is 10.8. The second kappa shape index (κ2) is 15.9. The normalized spacial score (nSPS) is 14.6. The molecule has 0 fully saturated rings. The number of hydrogen-bond acceptors (Lipinski definition) is 8. The van der Waals surface area contributed by atoms with Crippen molar-refractivity contribution >= 4 is 29.7 Å². The van der Waals surface area contributed by atoms with Gasteiger partial charge in [-0.3, -0.25) is 19.2 Å². The van der Waals surface area contributed by atoms with Crippen LogP contribution in [-0.4, -0.2) is 82.3 Å². The van der Waals surface area contributed by atoms with Crippen molar-refractivity contribution in [3.05, 3.63) is 0 Å². The third-order valence-electron chi connectivity index (χ3n) is 4.72. The molecule has 0 aromatic rings. The van der Waals surface area contributed by atoms with Gasteiger partial charge in [0.1, 0.15) is 18.1 Å². The SMILES string of the molecule is CC(C)CC(NC(=O)C(CCCCN)NC(=O)C(CO)NC(=O)C(N)CCC(=O)O)C(=O)O. The molecule has 10 N–H and O–H groups in total. The maximum atomic E-state index is 12.7. The van der Waals surface area contributed by atoms with E-state index in [1.54, 1.807) is 13.8 Å². The Bertz CT molecular complexity index is 673. The smallest absolute Gasteiger partial charge is 0.326 e. The summed E-state index contributed by atoms with van der Waals surface area (Å²) in [5.41, 5.74) is 11.1. The van der Waals surface area contributed by atoms with E-state index in [-0.39, 0.29) is 31.6 Å². The lowest BCUT2D eigenvalue weighted by molar-refractivity contribution is -0.143. The van der Waals surface area contributed by atoms with Gasteiger partial charge in [0.2, 0.25) is 17.7 Å². The number of nitrogens with two attached hydrogens (primary N) is 2. The third kappa shape index (κ3) is 12.7.